The summed E-state index contributed by atoms with van der Waals surface area (Å²) >= 11 is 37.7. The van der Waals surface area contributed by atoms with Gasteiger partial charge in [0.15, 0.2) is 17.5 Å². The van der Waals surface area contributed by atoms with Gasteiger partial charge >= 0.3 is 0 Å². The predicted octanol–water partition coefficient (Wildman–Crippen LogP) is 11.5. The Kier molecular flexibility index (Phi) is 26.1. The fourth-order valence-electron chi connectivity index (χ4n) is 8.22. The van der Waals surface area contributed by atoms with Gasteiger partial charge in [0.25, 0.3) is 0 Å². The summed E-state index contributed by atoms with van der Waals surface area (Å²) in [6.45, 7) is 5.63. The van der Waals surface area contributed by atoms with Crippen molar-refractivity contribution in [2.24, 2.45) is 0 Å². The molecule has 0 saturated heterocycles. The number of rotatable bonds is 21. The van der Waals surface area contributed by atoms with Crippen molar-refractivity contribution in [3.05, 3.63) is 191 Å². The number of nitrogens with zero attached hydrogens (tertiary/aromatic N) is 15. The van der Waals surface area contributed by atoms with E-state index in [1.807, 2.05) is 20.8 Å². The maximum absolute atomic E-state index is 12.6. The zero-order valence-corrected chi connectivity index (χ0v) is 51.4. The summed E-state index contributed by atoms with van der Waals surface area (Å²) in [7, 11) is 4.78. The molecule has 0 aliphatic carbocycles. The van der Waals surface area contributed by atoms with Crippen LogP contribution in [0.5, 0.6) is 0 Å². The molecule has 9 aromatic heterocycles. The molecule has 0 saturated carbocycles. The Balaban J connectivity index is 0.000000197. The number of ether oxygens (including phenoxy) is 3. The number of carbonyl (C=O) groups excluding carboxylic acids is 3. The third-order valence-electron chi connectivity index (χ3n) is 12.2. The van der Waals surface area contributed by atoms with Gasteiger partial charge in [0.2, 0.25) is 0 Å². The van der Waals surface area contributed by atoms with Crippen molar-refractivity contribution in [3.8, 4) is 17.5 Å². The van der Waals surface area contributed by atoms with Crippen LogP contribution in [-0.4, -0.2) is 120 Å². The molecule has 9 heterocycles. The Bertz CT molecular complexity index is 3240. The molecule has 1 unspecified atom stereocenters. The Labute approximate surface area is 517 Å². The van der Waals surface area contributed by atoms with E-state index in [0.717, 1.165) is 33.4 Å². The summed E-state index contributed by atoms with van der Waals surface area (Å²) in [6.07, 6.45) is 25.4. The van der Waals surface area contributed by atoms with Crippen molar-refractivity contribution in [2.45, 2.75) is 77.6 Å². The van der Waals surface area contributed by atoms with E-state index in [2.05, 4.69) is 60.5 Å². The molecule has 9 aromatic rings. The van der Waals surface area contributed by atoms with Crippen LogP contribution in [0, 0.1) is 0 Å². The van der Waals surface area contributed by atoms with E-state index < -0.39 is 0 Å². The Hall–Kier alpha value is -6.77. The van der Waals surface area contributed by atoms with Crippen LogP contribution in [0.15, 0.2) is 111 Å². The molecule has 0 bridgehead atoms. The fraction of sp³-hybridized carbons (Fsp3) is 0.291. The topological polar surface area (TPSA) is 248 Å². The smallest absolute Gasteiger partial charge is 0.193 e. The van der Waals surface area contributed by atoms with Gasteiger partial charge in [-0.3, -0.25) is 29.3 Å². The monoisotopic (exact) mass is 1280 g/mol. The van der Waals surface area contributed by atoms with Gasteiger partial charge in [-0.1, -0.05) is 69.6 Å². The molecule has 0 fully saturated rings. The molecule has 440 valence electrons. The average Bonchev–Trinajstić information content (AvgIpc) is 4.33. The molecule has 84 heavy (non-hydrogen) atoms. The van der Waals surface area contributed by atoms with Crippen molar-refractivity contribution in [1.82, 2.24) is 74.9 Å². The van der Waals surface area contributed by atoms with Gasteiger partial charge < -0.3 is 14.2 Å². The molecule has 3 atom stereocenters. The Morgan fingerprint density at radius 2 is 0.667 bits per heavy atom. The molecular formula is C55H54Cl6FN15O6S. The van der Waals surface area contributed by atoms with Crippen LogP contribution in [0.4, 0.5) is 3.89 Å². The van der Waals surface area contributed by atoms with E-state index >= 15 is 0 Å². The zero-order chi connectivity index (χ0) is 60.9. The lowest BCUT2D eigenvalue weighted by Gasteiger charge is -2.16. The van der Waals surface area contributed by atoms with E-state index in [9.17, 15) is 18.3 Å². The maximum atomic E-state index is 12.6. The third kappa shape index (κ3) is 18.6. The minimum Gasteiger partial charge on any atom is -0.377 e. The lowest BCUT2D eigenvalue weighted by Crippen LogP contribution is -2.12. The molecule has 0 aliphatic rings. The average molecular weight is 1280 g/mol. The van der Waals surface area contributed by atoms with Crippen molar-refractivity contribution in [2.75, 3.05) is 27.6 Å². The summed E-state index contributed by atoms with van der Waals surface area (Å²) in [5.74, 6) is 1.21. The van der Waals surface area contributed by atoms with Gasteiger partial charge in [0.05, 0.1) is 85.6 Å². The highest BCUT2D eigenvalue weighted by atomic mass is 35.5. The van der Waals surface area contributed by atoms with Crippen molar-refractivity contribution in [3.63, 3.8) is 0 Å². The largest absolute Gasteiger partial charge is 0.377 e. The van der Waals surface area contributed by atoms with E-state index in [0.29, 0.717) is 64.3 Å². The number of ketones is 3. The van der Waals surface area contributed by atoms with Crippen molar-refractivity contribution < 1.29 is 32.5 Å². The van der Waals surface area contributed by atoms with E-state index in [1.54, 1.807) is 95.3 Å². The van der Waals surface area contributed by atoms with Gasteiger partial charge in [0, 0.05) is 151 Å². The van der Waals surface area contributed by atoms with Crippen LogP contribution < -0.4 is 0 Å². The Morgan fingerprint density at radius 3 is 0.881 bits per heavy atom. The molecule has 0 aromatic carbocycles. The molecular weight excluding hydrogens is 1230 g/mol. The SMILES string of the molecule is COC(C)c1c(Cl)cncc1CC(=O)Cc1cnc(-n2nccn2)c(Cl)c1.CO[C@@H](C)c1c(Cl)cncc1CC(=O)Cc1cnc(-n2nccn2)c(Cl)c1.CO[C@H](C)c1c(Cl)cncc1CC(=O)Cc1cnc(-n2nccn2)c(Cl)c1.CSF. The number of aromatic nitrogens is 15. The number of methoxy groups -OCH3 is 3. The van der Waals surface area contributed by atoms with Gasteiger partial charge in [0.1, 0.15) is 17.3 Å². The summed E-state index contributed by atoms with van der Waals surface area (Å²) in [5, 5.41) is 26.5. The molecule has 29 heteroatoms. The standard InChI is InChI=1S/3C18H17Cl2N5O2.CH3FS/c3*1-11(27-2)17-13(9-21-10-16(17)20)7-14(26)5-12-6-15(19)18(22-8-12)25-23-3-4-24-25;1-3-2/h3*3-4,6,8-11H,5,7H2,1-2H3;1H3/t2*11-;;/m10../s1. The van der Waals surface area contributed by atoms with Crippen molar-refractivity contribution in [1.29, 1.82) is 0 Å². The molecule has 0 N–H and O–H groups in total. The van der Waals surface area contributed by atoms with Crippen LogP contribution in [-0.2, 0) is 67.1 Å². The molecule has 0 radical (unpaired) electrons. The van der Waals surface area contributed by atoms with Gasteiger partial charge in [-0.25, -0.2) is 15.0 Å². The summed E-state index contributed by atoms with van der Waals surface area (Å²) in [5.41, 5.74) is 6.69. The number of hydrogen-bond acceptors (Lipinski definition) is 19. The minimum atomic E-state index is -0.236. The summed E-state index contributed by atoms with van der Waals surface area (Å²) in [6, 6.07) is 5.08. The number of Topliss-reactive ketones (excluding diaryl/α,β-unsaturated/α-hetero) is 3. The van der Waals surface area contributed by atoms with E-state index in [4.69, 9.17) is 83.8 Å². The van der Waals surface area contributed by atoms with Crippen LogP contribution in [0.2, 0.25) is 30.1 Å². The van der Waals surface area contributed by atoms with E-state index in [-0.39, 0.29) is 86.3 Å². The highest BCUT2D eigenvalue weighted by Gasteiger charge is 2.22. The first-order chi connectivity index (χ1) is 40.4. The number of pyridine rings is 6. The Morgan fingerprint density at radius 1 is 0.429 bits per heavy atom. The number of hydrogen-bond donors (Lipinski definition) is 0. The normalized spacial score (nSPS) is 11.9. The molecule has 0 aliphatic heterocycles. The van der Waals surface area contributed by atoms with Crippen molar-refractivity contribution >= 4 is 99.1 Å². The van der Waals surface area contributed by atoms with Gasteiger partial charge in [-0.05, 0) is 72.4 Å². The zero-order valence-electron chi connectivity index (χ0n) is 46.1. The van der Waals surface area contributed by atoms with E-state index in [1.165, 1.54) is 57.8 Å². The van der Waals surface area contributed by atoms with Crippen LogP contribution in [0.25, 0.3) is 17.5 Å². The minimum absolute atomic E-state index is 0.00792. The maximum Gasteiger partial charge on any atom is 0.193 e. The second-order valence-electron chi connectivity index (χ2n) is 17.9. The molecule has 0 spiro atoms. The third-order valence-corrected chi connectivity index (χ3v) is 13.9. The predicted molar refractivity (Wildman–Crippen MR) is 318 cm³/mol. The van der Waals surface area contributed by atoms with Crippen LogP contribution >= 0.6 is 81.8 Å². The first-order valence-electron chi connectivity index (χ1n) is 25.1. The van der Waals surface area contributed by atoms with Gasteiger partial charge in [-0.15, -0.1) is 14.4 Å². The first-order valence-corrected chi connectivity index (χ1v) is 28.5. The molecule has 9 rings (SSSR count). The van der Waals surface area contributed by atoms with Crippen LogP contribution in [0.3, 0.4) is 0 Å². The molecule has 21 nitrogen and oxygen atoms in total. The fourth-order valence-corrected chi connectivity index (χ4v) is 10.0. The second-order valence-corrected chi connectivity index (χ2v) is 20.7. The number of carbonyl (C=O) groups is 3. The summed E-state index contributed by atoms with van der Waals surface area (Å²) < 4.78 is 26.3. The quantitative estimate of drug-likeness (QED) is 0.0648. The second kappa shape index (κ2) is 33.1. The number of halogens is 7. The van der Waals surface area contributed by atoms with Gasteiger partial charge in [-0.2, -0.15) is 34.5 Å². The first kappa shape index (κ1) is 66.4. The highest BCUT2D eigenvalue weighted by molar-refractivity contribution is 7.93. The lowest BCUT2D eigenvalue weighted by molar-refractivity contribution is -0.118. The highest BCUT2D eigenvalue weighted by Crippen LogP contribution is 2.32. The van der Waals surface area contributed by atoms with Crippen LogP contribution in [0.1, 0.15) is 89.2 Å². The lowest BCUT2D eigenvalue weighted by atomic mass is 9.98. The molecule has 0 amide bonds. The summed E-state index contributed by atoms with van der Waals surface area (Å²) in [4.78, 5) is 66.7.